The molecule has 0 radical (unpaired) electrons. The number of carbonyl (C=O) groups is 4. The van der Waals surface area contributed by atoms with Crippen LogP contribution in [0.3, 0.4) is 0 Å². The van der Waals surface area contributed by atoms with Crippen LogP contribution in [0.5, 0.6) is 0 Å². The van der Waals surface area contributed by atoms with Crippen molar-refractivity contribution in [2.24, 2.45) is 5.92 Å². The van der Waals surface area contributed by atoms with Gasteiger partial charge in [0, 0.05) is 48.6 Å². The van der Waals surface area contributed by atoms with Crippen LogP contribution in [0, 0.1) is 17.6 Å². The monoisotopic (exact) mass is 807 g/mol. The minimum absolute atomic E-state index is 0.0493. The number of likely N-dealkylation sites (N-methyl/N-ethyl adjacent to an activating group) is 2. The molecule has 0 saturated carbocycles. The van der Waals surface area contributed by atoms with E-state index >= 15 is 4.39 Å². The van der Waals surface area contributed by atoms with Gasteiger partial charge in [-0.15, -0.1) is 0 Å². The number of H-pyrrole nitrogens is 1. The summed E-state index contributed by atoms with van der Waals surface area (Å²) < 4.78 is 46.9. The van der Waals surface area contributed by atoms with E-state index in [0.717, 1.165) is 6.42 Å². The minimum Gasteiger partial charge on any atom is -0.352 e. The fraction of sp³-hybridized carbons (Fsp3) is 0.548. The molecule has 2 aliphatic heterocycles. The molecule has 0 unspecified atom stereocenters. The number of fused-ring (bicyclic) bond motifs is 2. The van der Waals surface area contributed by atoms with E-state index < -0.39 is 48.0 Å². The third-order valence-corrected chi connectivity index (χ3v) is 11.8. The van der Waals surface area contributed by atoms with Gasteiger partial charge in [-0.1, -0.05) is 20.8 Å². The number of aromatic nitrogens is 3. The molecule has 4 aromatic rings. The van der Waals surface area contributed by atoms with Crippen molar-refractivity contribution in [3.63, 3.8) is 0 Å². The van der Waals surface area contributed by atoms with Crippen molar-refractivity contribution in [1.82, 2.24) is 45.6 Å². The number of aromatic amines is 1. The average Bonchev–Trinajstić information content (AvgIpc) is 3.98. The molecular formula is C42H56F3N9O4. The molecule has 4 amide bonds. The van der Waals surface area contributed by atoms with E-state index in [1.807, 2.05) is 25.3 Å². The molecular weight excluding hydrogens is 752 g/mol. The molecule has 5 N–H and O–H groups in total. The van der Waals surface area contributed by atoms with E-state index in [0.29, 0.717) is 58.4 Å². The van der Waals surface area contributed by atoms with E-state index in [1.165, 1.54) is 29.2 Å². The molecule has 0 spiro atoms. The van der Waals surface area contributed by atoms with Crippen LogP contribution in [0.1, 0.15) is 65.9 Å². The second kappa shape index (κ2) is 17.9. The van der Waals surface area contributed by atoms with Crippen LogP contribution in [0.4, 0.5) is 13.2 Å². The van der Waals surface area contributed by atoms with Crippen molar-refractivity contribution < 1.29 is 32.3 Å². The molecule has 0 aliphatic carbocycles. The summed E-state index contributed by atoms with van der Waals surface area (Å²) in [5.74, 6) is -2.03. The van der Waals surface area contributed by atoms with E-state index in [9.17, 15) is 28.0 Å². The molecule has 58 heavy (non-hydrogen) atoms. The van der Waals surface area contributed by atoms with E-state index in [-0.39, 0.29) is 61.5 Å². The molecule has 2 aromatic carbocycles. The largest absolute Gasteiger partial charge is 0.352 e. The molecule has 7 atom stereocenters. The van der Waals surface area contributed by atoms with Crippen LogP contribution in [-0.4, -0.2) is 118 Å². The Hall–Kier alpha value is -4.96. The first-order valence-electron chi connectivity index (χ1n) is 20.3. The third-order valence-electron chi connectivity index (χ3n) is 11.8. The maximum atomic E-state index is 15.4. The van der Waals surface area contributed by atoms with Crippen LogP contribution >= 0.6 is 0 Å². The molecule has 4 heterocycles. The lowest BCUT2D eigenvalue weighted by Crippen LogP contribution is -2.55. The summed E-state index contributed by atoms with van der Waals surface area (Å²) in [5, 5.41) is 12.2. The van der Waals surface area contributed by atoms with Crippen molar-refractivity contribution in [3.8, 4) is 11.5 Å². The molecule has 6 rings (SSSR count). The van der Waals surface area contributed by atoms with Gasteiger partial charge in [-0.2, -0.15) is 0 Å². The Morgan fingerprint density at radius 1 is 0.897 bits per heavy atom. The number of carbonyl (C=O) groups excluding carboxylic acids is 4. The second-order valence-corrected chi connectivity index (χ2v) is 16.1. The summed E-state index contributed by atoms with van der Waals surface area (Å²) in [4.78, 5) is 65.5. The molecule has 2 fully saturated rings. The lowest BCUT2D eigenvalue weighted by atomic mass is 9.98. The predicted octanol–water partition coefficient (Wildman–Crippen LogP) is 4.19. The summed E-state index contributed by atoms with van der Waals surface area (Å²) in [6.07, 6.45) is 0.726. The highest BCUT2D eigenvalue weighted by molar-refractivity contribution is 5.93. The number of imidazole rings is 1. The van der Waals surface area contributed by atoms with Crippen molar-refractivity contribution in [1.29, 1.82) is 0 Å². The lowest BCUT2D eigenvalue weighted by Gasteiger charge is -2.31. The van der Waals surface area contributed by atoms with Gasteiger partial charge < -0.3 is 40.6 Å². The maximum absolute atomic E-state index is 15.4. The van der Waals surface area contributed by atoms with Gasteiger partial charge in [0.15, 0.2) is 5.82 Å². The summed E-state index contributed by atoms with van der Waals surface area (Å²) in [5.41, 5.74) is 2.62. The summed E-state index contributed by atoms with van der Waals surface area (Å²) in [7, 11) is 3.32. The zero-order valence-electron chi connectivity index (χ0n) is 34.3. The zero-order chi connectivity index (χ0) is 42.0. The molecule has 0 bridgehead atoms. The first-order valence-corrected chi connectivity index (χ1v) is 20.3. The zero-order valence-corrected chi connectivity index (χ0v) is 34.3. The van der Waals surface area contributed by atoms with Crippen LogP contribution in [0.25, 0.3) is 33.5 Å². The molecule has 16 heteroatoms. The third kappa shape index (κ3) is 8.72. The Balaban J connectivity index is 1.39. The normalized spacial score (nSPS) is 20.5. The number of halogens is 3. The fourth-order valence-electron chi connectivity index (χ4n) is 8.26. The molecule has 13 nitrogen and oxygen atoms in total. The smallest absolute Gasteiger partial charge is 0.245 e. The van der Waals surface area contributed by atoms with Gasteiger partial charge in [0.1, 0.15) is 29.9 Å². The summed E-state index contributed by atoms with van der Waals surface area (Å²) in [6, 6.07) is 5.11. The molecule has 314 valence electrons. The average molecular weight is 808 g/mol. The highest BCUT2D eigenvalue weighted by Gasteiger charge is 2.41. The summed E-state index contributed by atoms with van der Waals surface area (Å²) in [6.45, 7) is 9.54. The minimum atomic E-state index is -1.31. The van der Waals surface area contributed by atoms with Crippen LogP contribution < -0.4 is 21.3 Å². The van der Waals surface area contributed by atoms with Gasteiger partial charge in [0.25, 0.3) is 0 Å². The Labute approximate surface area is 336 Å². The van der Waals surface area contributed by atoms with Crippen molar-refractivity contribution in [2.75, 3.05) is 27.2 Å². The number of amides is 4. The van der Waals surface area contributed by atoms with E-state index in [4.69, 9.17) is 4.98 Å². The SMILES string of the molecule is CC[C@H](NC(=O)[C@H](C)NC)C(=O)N1CCC[C@H]1Cn1c(-c2[nH]c3cc(F)ccc3c2C[C@@H]2C[C@H](F)CN2C(=O)[C@@H](NC(=O)[C@H](C)NC)C(C)C)nc2cc(F)ccc21. The van der Waals surface area contributed by atoms with Crippen LogP contribution in [0.2, 0.25) is 0 Å². The number of rotatable bonds is 15. The van der Waals surface area contributed by atoms with Gasteiger partial charge in [-0.05, 0) is 95.4 Å². The number of hydrogen-bond acceptors (Lipinski definition) is 7. The molecule has 2 saturated heterocycles. The topological polar surface area (TPSA) is 156 Å². The van der Waals surface area contributed by atoms with Crippen molar-refractivity contribution >= 4 is 45.6 Å². The van der Waals surface area contributed by atoms with Crippen molar-refractivity contribution in [2.45, 2.75) is 116 Å². The lowest BCUT2D eigenvalue weighted by molar-refractivity contribution is -0.138. The number of hydrogen-bond donors (Lipinski definition) is 5. The number of nitrogens with one attached hydrogen (secondary N) is 5. The van der Waals surface area contributed by atoms with Gasteiger partial charge >= 0.3 is 0 Å². The quantitative estimate of drug-likeness (QED) is 0.121. The fourth-order valence-corrected chi connectivity index (χ4v) is 8.26. The Kier molecular flexibility index (Phi) is 13.2. The predicted molar refractivity (Wildman–Crippen MR) is 216 cm³/mol. The van der Waals surface area contributed by atoms with Gasteiger partial charge in [0.05, 0.1) is 35.4 Å². The highest BCUT2D eigenvalue weighted by Crippen LogP contribution is 2.37. The Morgan fingerprint density at radius 3 is 2.24 bits per heavy atom. The molecule has 2 aromatic heterocycles. The van der Waals surface area contributed by atoms with E-state index in [2.05, 4.69) is 26.3 Å². The number of likely N-dealkylation sites (tertiary alicyclic amines) is 2. The summed E-state index contributed by atoms with van der Waals surface area (Å²) >= 11 is 0. The highest BCUT2D eigenvalue weighted by atomic mass is 19.1. The maximum Gasteiger partial charge on any atom is 0.245 e. The van der Waals surface area contributed by atoms with Gasteiger partial charge in [-0.25, -0.2) is 18.2 Å². The van der Waals surface area contributed by atoms with Gasteiger partial charge in [0.2, 0.25) is 23.6 Å². The first-order chi connectivity index (χ1) is 27.6. The van der Waals surface area contributed by atoms with Crippen molar-refractivity contribution in [3.05, 3.63) is 53.6 Å². The Bertz CT molecular complexity index is 2150. The standard InChI is InChI=1S/C42H56F3N9O4/c1-8-32(50-39(55)23(4)46-6)41(57)52-15-9-10-28(52)21-54-35-14-12-26(44)18-34(35)49-38(54)37-31(30-13-11-25(43)17-33(30)48-37)19-29-16-27(45)20-53(29)42(58)36(22(2)3)51-40(56)24(5)47-7/h11-14,17-18,22-24,27-29,32,36,46-48H,8-10,15-16,19-21H2,1-7H3,(H,50,55)(H,51,56)/t23-,24-,27-,28-,29-,32-,36-/m0/s1. The van der Waals surface area contributed by atoms with Gasteiger partial charge in [-0.3, -0.25) is 19.2 Å². The van der Waals surface area contributed by atoms with Crippen LogP contribution in [0.15, 0.2) is 36.4 Å². The first kappa shape index (κ1) is 42.6. The van der Waals surface area contributed by atoms with E-state index in [1.54, 1.807) is 45.0 Å². The van der Waals surface area contributed by atoms with Crippen LogP contribution in [-0.2, 0) is 32.1 Å². The number of alkyl halides is 1. The second-order valence-electron chi connectivity index (χ2n) is 16.1. The number of nitrogens with zero attached hydrogens (tertiary/aromatic N) is 4. The molecule has 2 aliphatic rings. The number of benzene rings is 2. The Morgan fingerprint density at radius 2 is 1.57 bits per heavy atom.